The normalized spacial score (nSPS) is 20.9. The first-order valence-corrected chi connectivity index (χ1v) is 15.0. The Labute approximate surface area is 226 Å². The molecule has 0 bridgehead atoms. The van der Waals surface area contributed by atoms with Crippen molar-refractivity contribution in [2.45, 2.75) is 75.7 Å². The molecule has 1 unspecified atom stereocenters. The molecule has 1 aliphatic carbocycles. The molecule has 0 spiro atoms. The molecule has 0 saturated heterocycles. The van der Waals surface area contributed by atoms with Crippen LogP contribution in [0.15, 0.2) is 40.5 Å². The van der Waals surface area contributed by atoms with Gasteiger partial charge in [0.05, 0.1) is 15.5 Å². The number of aliphatic hydroxyl groups is 1. The molecule has 2 aliphatic rings. The number of carbonyl (C=O) groups excluding carboxylic acids is 1. The van der Waals surface area contributed by atoms with Gasteiger partial charge in [-0.2, -0.15) is 4.98 Å². The topological polar surface area (TPSA) is 124 Å². The minimum absolute atomic E-state index is 0.0123. The molecule has 1 fully saturated rings. The molecule has 1 saturated carbocycles. The van der Waals surface area contributed by atoms with Gasteiger partial charge in [0.2, 0.25) is 0 Å². The summed E-state index contributed by atoms with van der Waals surface area (Å²) in [4.78, 5) is 22.3. The number of fused-ring (bicyclic) bond motifs is 1. The summed E-state index contributed by atoms with van der Waals surface area (Å²) in [6.45, 7) is 3.79. The minimum Gasteiger partial charge on any atom is -0.512 e. The van der Waals surface area contributed by atoms with Gasteiger partial charge in [0.1, 0.15) is 11.4 Å². The molecule has 3 aromatic rings. The SMILES string of the molecule is Cc1cc(C)n2nc(CC3=C(O)CC(CCc4ccc(S(C)(=O)=O)c(Cl)c4)(C4CCCC4)OC3=O)nc2n1. The number of nitrogens with zero attached hydrogens (tertiary/aromatic N) is 4. The standard InChI is InChI=1S/C27H31ClN4O5S/c1-16-12-17(2)32-26(29-16)30-24(31-32)14-20-22(33)15-27(37-25(20)34,19-6-4-5-7-19)11-10-18-8-9-23(21(28)13-18)38(3,35)36/h8-9,12-13,19,33H,4-7,10-11,14-15H2,1-3H3. The maximum Gasteiger partial charge on any atom is 0.338 e. The Hall–Kier alpha value is -2.98. The van der Waals surface area contributed by atoms with E-state index in [1.165, 1.54) is 6.07 Å². The average Bonchev–Trinajstić information content (AvgIpc) is 3.50. The van der Waals surface area contributed by atoms with Crippen LogP contribution in [0.4, 0.5) is 0 Å². The summed E-state index contributed by atoms with van der Waals surface area (Å²) in [7, 11) is -3.43. The number of aliphatic hydroxyl groups excluding tert-OH is 1. The first kappa shape index (κ1) is 26.6. The van der Waals surface area contributed by atoms with E-state index in [0.717, 1.165) is 48.9 Å². The highest BCUT2D eigenvalue weighted by atomic mass is 35.5. The van der Waals surface area contributed by atoms with Crippen LogP contribution in [0.1, 0.15) is 61.3 Å². The van der Waals surface area contributed by atoms with E-state index in [1.807, 2.05) is 19.9 Å². The zero-order valence-corrected chi connectivity index (χ0v) is 23.3. The molecule has 3 heterocycles. The number of rotatable bonds is 7. The Kier molecular flexibility index (Phi) is 6.98. The van der Waals surface area contributed by atoms with Crippen molar-refractivity contribution >= 4 is 33.2 Å². The molecule has 2 aromatic heterocycles. The third-order valence-electron chi connectivity index (χ3n) is 7.69. The van der Waals surface area contributed by atoms with E-state index in [2.05, 4.69) is 15.1 Å². The third-order valence-corrected chi connectivity index (χ3v) is 9.27. The third kappa shape index (κ3) is 5.16. The molecule has 1 aliphatic heterocycles. The Balaban J connectivity index is 1.40. The number of sulfone groups is 1. The summed E-state index contributed by atoms with van der Waals surface area (Å²) in [6.07, 6.45) is 6.34. The Morgan fingerprint density at radius 3 is 2.58 bits per heavy atom. The van der Waals surface area contributed by atoms with Crippen molar-refractivity contribution in [2.24, 2.45) is 5.92 Å². The summed E-state index contributed by atoms with van der Waals surface area (Å²) in [5.74, 6) is 0.425. The van der Waals surface area contributed by atoms with Gasteiger partial charge in [-0.3, -0.25) is 0 Å². The largest absolute Gasteiger partial charge is 0.512 e. The Bertz CT molecular complexity index is 1560. The van der Waals surface area contributed by atoms with Crippen LogP contribution in [0.2, 0.25) is 5.02 Å². The zero-order chi connectivity index (χ0) is 27.2. The summed E-state index contributed by atoms with van der Waals surface area (Å²) in [5, 5.41) is 15.8. The van der Waals surface area contributed by atoms with Gasteiger partial charge in [-0.1, -0.05) is 30.5 Å². The fourth-order valence-electron chi connectivity index (χ4n) is 5.78. The van der Waals surface area contributed by atoms with Crippen molar-refractivity contribution in [1.29, 1.82) is 0 Å². The van der Waals surface area contributed by atoms with Crippen molar-refractivity contribution < 1.29 is 23.1 Å². The highest BCUT2D eigenvalue weighted by Gasteiger charge is 2.48. The van der Waals surface area contributed by atoms with Gasteiger partial charge in [-0.25, -0.2) is 22.7 Å². The molecule has 1 N–H and O–H groups in total. The first-order valence-electron chi connectivity index (χ1n) is 12.8. The lowest BCUT2D eigenvalue weighted by Crippen LogP contribution is -2.46. The quantitative estimate of drug-likeness (QED) is 0.415. The van der Waals surface area contributed by atoms with Crippen LogP contribution < -0.4 is 0 Å². The van der Waals surface area contributed by atoms with Crippen LogP contribution >= 0.6 is 11.6 Å². The van der Waals surface area contributed by atoms with Crippen LogP contribution in [0.25, 0.3) is 5.78 Å². The van der Waals surface area contributed by atoms with E-state index in [9.17, 15) is 18.3 Å². The second kappa shape index (κ2) is 9.96. The summed E-state index contributed by atoms with van der Waals surface area (Å²) in [6, 6.07) is 6.80. The van der Waals surface area contributed by atoms with E-state index in [0.29, 0.717) is 24.4 Å². The van der Waals surface area contributed by atoms with Crippen molar-refractivity contribution in [3.8, 4) is 0 Å². The molecule has 5 rings (SSSR count). The number of hydrogen-bond donors (Lipinski definition) is 1. The van der Waals surface area contributed by atoms with Crippen LogP contribution in [-0.4, -0.2) is 50.9 Å². The lowest BCUT2D eigenvalue weighted by Gasteiger charge is -2.41. The van der Waals surface area contributed by atoms with Crippen LogP contribution in [0.3, 0.4) is 0 Å². The predicted molar refractivity (Wildman–Crippen MR) is 142 cm³/mol. The highest BCUT2D eigenvalue weighted by molar-refractivity contribution is 7.90. The zero-order valence-electron chi connectivity index (χ0n) is 21.7. The van der Waals surface area contributed by atoms with Crippen molar-refractivity contribution in [1.82, 2.24) is 19.6 Å². The van der Waals surface area contributed by atoms with E-state index in [-0.39, 0.29) is 40.0 Å². The lowest BCUT2D eigenvalue weighted by atomic mass is 9.76. The number of halogens is 1. The fourth-order valence-corrected chi connectivity index (χ4v) is 7.14. The van der Waals surface area contributed by atoms with Gasteiger partial charge in [0.15, 0.2) is 15.7 Å². The van der Waals surface area contributed by atoms with Crippen LogP contribution in [-0.2, 0) is 32.2 Å². The molecule has 1 aromatic carbocycles. The molecule has 202 valence electrons. The average molecular weight is 559 g/mol. The summed E-state index contributed by atoms with van der Waals surface area (Å²) >= 11 is 6.26. The van der Waals surface area contributed by atoms with E-state index in [1.54, 1.807) is 16.6 Å². The van der Waals surface area contributed by atoms with E-state index in [4.69, 9.17) is 16.3 Å². The number of aromatic nitrogens is 4. The smallest absolute Gasteiger partial charge is 0.338 e. The number of cyclic esters (lactones) is 1. The second-order valence-corrected chi connectivity index (χ2v) is 12.9. The van der Waals surface area contributed by atoms with Crippen LogP contribution in [0, 0.1) is 19.8 Å². The van der Waals surface area contributed by atoms with E-state index < -0.39 is 21.4 Å². The van der Waals surface area contributed by atoms with Gasteiger partial charge in [0, 0.05) is 30.5 Å². The number of esters is 1. The van der Waals surface area contributed by atoms with Gasteiger partial charge in [0.25, 0.3) is 5.78 Å². The molecule has 11 heteroatoms. The lowest BCUT2D eigenvalue weighted by molar-refractivity contribution is -0.167. The van der Waals surface area contributed by atoms with Gasteiger partial charge in [-0.05, 0) is 69.2 Å². The van der Waals surface area contributed by atoms with Crippen molar-refractivity contribution in [3.05, 3.63) is 63.4 Å². The molecule has 0 amide bonds. The van der Waals surface area contributed by atoms with E-state index >= 15 is 0 Å². The molecule has 1 atom stereocenters. The predicted octanol–water partition coefficient (Wildman–Crippen LogP) is 4.66. The first-order chi connectivity index (χ1) is 17.9. The van der Waals surface area contributed by atoms with Gasteiger partial charge < -0.3 is 9.84 Å². The number of aryl methyl sites for hydroxylation is 3. The molecular weight excluding hydrogens is 528 g/mol. The summed E-state index contributed by atoms with van der Waals surface area (Å²) < 4.78 is 31.7. The number of ether oxygens (including phenoxy) is 1. The maximum absolute atomic E-state index is 13.3. The highest BCUT2D eigenvalue weighted by Crippen LogP contribution is 2.46. The Morgan fingerprint density at radius 2 is 1.92 bits per heavy atom. The maximum atomic E-state index is 13.3. The minimum atomic E-state index is -3.43. The molecule has 9 nitrogen and oxygen atoms in total. The fraction of sp³-hybridized carbons (Fsp3) is 0.481. The Morgan fingerprint density at radius 1 is 1.18 bits per heavy atom. The molecular formula is C27H31ClN4O5S. The number of benzene rings is 1. The van der Waals surface area contributed by atoms with Gasteiger partial charge >= 0.3 is 5.97 Å². The van der Waals surface area contributed by atoms with Crippen LogP contribution in [0.5, 0.6) is 0 Å². The second-order valence-electron chi connectivity index (χ2n) is 10.5. The number of carbonyl (C=O) groups is 1. The number of hydrogen-bond acceptors (Lipinski definition) is 8. The molecule has 0 radical (unpaired) electrons. The van der Waals surface area contributed by atoms with Crippen molar-refractivity contribution in [2.75, 3.05) is 6.26 Å². The van der Waals surface area contributed by atoms with Gasteiger partial charge in [-0.15, -0.1) is 5.10 Å². The monoisotopic (exact) mass is 558 g/mol. The van der Waals surface area contributed by atoms with Crippen molar-refractivity contribution in [3.63, 3.8) is 0 Å². The molecule has 38 heavy (non-hydrogen) atoms. The summed E-state index contributed by atoms with van der Waals surface area (Å²) in [5.41, 5.74) is 1.87.